The van der Waals surface area contributed by atoms with Gasteiger partial charge in [0.2, 0.25) is 5.91 Å². The van der Waals surface area contributed by atoms with Gasteiger partial charge >= 0.3 is 0 Å². The first kappa shape index (κ1) is 13.5. The average molecular weight is 289 g/mol. The van der Waals surface area contributed by atoms with E-state index in [4.69, 9.17) is 11.0 Å². The first-order valence-corrected chi connectivity index (χ1v) is 7.31. The number of anilines is 2. The van der Waals surface area contributed by atoms with Gasteiger partial charge in [-0.05, 0) is 35.7 Å². The molecule has 0 aliphatic rings. The summed E-state index contributed by atoms with van der Waals surface area (Å²) in [5.41, 5.74) is 6.78. The smallest absolute Gasteiger partial charge is 0.235 e. The van der Waals surface area contributed by atoms with E-state index in [9.17, 15) is 4.79 Å². The molecule has 0 fully saturated rings. The molecule has 0 aliphatic heterocycles. The van der Waals surface area contributed by atoms with Gasteiger partial charge in [-0.2, -0.15) is 5.26 Å². The fourth-order valence-electron chi connectivity index (χ4n) is 1.37. The van der Waals surface area contributed by atoms with E-state index in [0.717, 1.165) is 4.90 Å². The van der Waals surface area contributed by atoms with Crippen LogP contribution in [0.15, 0.2) is 40.6 Å². The van der Waals surface area contributed by atoms with Crippen LogP contribution in [-0.2, 0) is 4.79 Å². The Bertz CT molecular complexity index is 614. The lowest BCUT2D eigenvalue weighted by molar-refractivity contribution is -0.113. The van der Waals surface area contributed by atoms with Crippen molar-refractivity contribution in [3.05, 3.63) is 41.3 Å². The summed E-state index contributed by atoms with van der Waals surface area (Å²) in [6.07, 6.45) is 0. The summed E-state index contributed by atoms with van der Waals surface area (Å²) in [6, 6.07) is 11.1. The molecule has 1 aromatic heterocycles. The molecule has 0 radical (unpaired) electrons. The van der Waals surface area contributed by atoms with Gasteiger partial charge in [0.05, 0.1) is 11.3 Å². The van der Waals surface area contributed by atoms with E-state index in [2.05, 4.69) is 5.32 Å². The molecule has 0 spiro atoms. The lowest BCUT2D eigenvalue weighted by Crippen LogP contribution is -2.13. The molecular formula is C13H11N3OS2. The van der Waals surface area contributed by atoms with Crippen LogP contribution in [0.1, 0.15) is 5.56 Å². The van der Waals surface area contributed by atoms with Crippen molar-refractivity contribution in [1.82, 2.24) is 0 Å². The number of amides is 1. The monoisotopic (exact) mass is 289 g/mol. The number of thiophene rings is 1. The minimum absolute atomic E-state index is 0.124. The minimum Gasteiger partial charge on any atom is -0.399 e. The summed E-state index contributed by atoms with van der Waals surface area (Å²) >= 11 is 2.77. The van der Waals surface area contributed by atoms with Crippen molar-refractivity contribution in [3.63, 3.8) is 0 Å². The molecule has 0 atom stereocenters. The molecule has 3 N–H and O–H groups in total. The first-order chi connectivity index (χ1) is 9.19. The molecule has 96 valence electrons. The van der Waals surface area contributed by atoms with Crippen LogP contribution >= 0.6 is 23.1 Å². The normalized spacial score (nSPS) is 9.84. The third-order valence-electron chi connectivity index (χ3n) is 2.29. The zero-order chi connectivity index (χ0) is 13.7. The molecule has 0 bridgehead atoms. The molecule has 6 heteroatoms. The van der Waals surface area contributed by atoms with Gasteiger partial charge in [0.15, 0.2) is 0 Å². The molecular weight excluding hydrogens is 278 g/mol. The highest BCUT2D eigenvalue weighted by atomic mass is 32.2. The Morgan fingerprint density at radius 1 is 1.37 bits per heavy atom. The molecule has 0 unspecified atom stereocenters. The van der Waals surface area contributed by atoms with E-state index < -0.39 is 0 Å². The van der Waals surface area contributed by atoms with Gasteiger partial charge in [-0.15, -0.1) is 23.1 Å². The van der Waals surface area contributed by atoms with Crippen LogP contribution in [0, 0.1) is 11.3 Å². The number of hydrogen-bond donors (Lipinski definition) is 2. The van der Waals surface area contributed by atoms with E-state index in [0.29, 0.717) is 22.0 Å². The molecule has 1 aromatic carbocycles. The van der Waals surface area contributed by atoms with Crippen LogP contribution in [0.25, 0.3) is 0 Å². The standard InChI is InChI=1S/C13H11N3OS2/c14-7-9-5-6-18-13(9)16-12(17)8-19-11-3-1-10(15)2-4-11/h1-6H,8,15H2,(H,16,17). The predicted molar refractivity (Wildman–Crippen MR) is 79.2 cm³/mol. The van der Waals surface area contributed by atoms with Crippen LogP contribution in [-0.4, -0.2) is 11.7 Å². The highest BCUT2D eigenvalue weighted by molar-refractivity contribution is 8.00. The number of rotatable bonds is 4. The van der Waals surface area contributed by atoms with E-state index in [1.54, 1.807) is 23.6 Å². The van der Waals surface area contributed by atoms with Gasteiger partial charge in [0, 0.05) is 10.6 Å². The maximum atomic E-state index is 11.8. The van der Waals surface area contributed by atoms with Gasteiger partial charge < -0.3 is 11.1 Å². The van der Waals surface area contributed by atoms with Crippen molar-refractivity contribution in [2.24, 2.45) is 0 Å². The van der Waals surface area contributed by atoms with Crippen LogP contribution in [0.4, 0.5) is 10.7 Å². The third kappa shape index (κ3) is 3.74. The Morgan fingerprint density at radius 2 is 2.11 bits per heavy atom. The van der Waals surface area contributed by atoms with Crippen molar-refractivity contribution < 1.29 is 4.79 Å². The second-order valence-electron chi connectivity index (χ2n) is 3.68. The second-order valence-corrected chi connectivity index (χ2v) is 5.65. The first-order valence-electron chi connectivity index (χ1n) is 5.45. The van der Waals surface area contributed by atoms with Crippen LogP contribution in [0.2, 0.25) is 0 Å². The molecule has 1 amide bonds. The summed E-state index contributed by atoms with van der Waals surface area (Å²) in [5, 5.41) is 14.0. The van der Waals surface area contributed by atoms with Crippen molar-refractivity contribution >= 4 is 39.7 Å². The Balaban J connectivity index is 1.89. The molecule has 0 saturated heterocycles. The quantitative estimate of drug-likeness (QED) is 0.670. The molecule has 1 heterocycles. The number of benzene rings is 1. The number of nitrogens with zero attached hydrogens (tertiary/aromatic N) is 1. The molecule has 0 aliphatic carbocycles. The van der Waals surface area contributed by atoms with Gasteiger partial charge in [0.25, 0.3) is 0 Å². The molecule has 19 heavy (non-hydrogen) atoms. The van der Waals surface area contributed by atoms with E-state index in [1.165, 1.54) is 23.1 Å². The van der Waals surface area contributed by atoms with Gasteiger partial charge in [0.1, 0.15) is 11.1 Å². The van der Waals surface area contributed by atoms with Crippen molar-refractivity contribution in [3.8, 4) is 6.07 Å². The van der Waals surface area contributed by atoms with Gasteiger partial charge in [-0.1, -0.05) is 0 Å². The number of hydrogen-bond acceptors (Lipinski definition) is 5. The molecule has 4 nitrogen and oxygen atoms in total. The fraction of sp³-hybridized carbons (Fsp3) is 0.0769. The summed E-state index contributed by atoms with van der Waals surface area (Å²) < 4.78 is 0. The summed E-state index contributed by atoms with van der Waals surface area (Å²) in [6.45, 7) is 0. The predicted octanol–water partition coefficient (Wildman–Crippen LogP) is 2.93. The summed E-state index contributed by atoms with van der Waals surface area (Å²) in [4.78, 5) is 12.7. The number of carbonyl (C=O) groups excluding carboxylic acids is 1. The third-order valence-corrected chi connectivity index (χ3v) is 4.13. The van der Waals surface area contributed by atoms with Gasteiger partial charge in [-0.3, -0.25) is 4.79 Å². The van der Waals surface area contributed by atoms with Crippen LogP contribution in [0.3, 0.4) is 0 Å². The minimum atomic E-state index is -0.124. The van der Waals surface area contributed by atoms with E-state index >= 15 is 0 Å². The van der Waals surface area contributed by atoms with Gasteiger partial charge in [-0.25, -0.2) is 0 Å². The Kier molecular flexibility index (Phi) is 4.44. The van der Waals surface area contributed by atoms with Crippen molar-refractivity contribution in [2.75, 3.05) is 16.8 Å². The topological polar surface area (TPSA) is 78.9 Å². The number of nitrogens with one attached hydrogen (secondary N) is 1. The highest BCUT2D eigenvalue weighted by Gasteiger charge is 2.08. The largest absolute Gasteiger partial charge is 0.399 e. The summed E-state index contributed by atoms with van der Waals surface area (Å²) in [7, 11) is 0. The maximum absolute atomic E-state index is 11.8. The Hall–Kier alpha value is -1.97. The van der Waals surface area contributed by atoms with E-state index in [-0.39, 0.29) is 5.91 Å². The van der Waals surface area contributed by atoms with Crippen LogP contribution in [0.5, 0.6) is 0 Å². The number of nitriles is 1. The number of nitrogens with two attached hydrogens (primary N) is 1. The van der Waals surface area contributed by atoms with Crippen molar-refractivity contribution in [2.45, 2.75) is 4.90 Å². The second kappa shape index (κ2) is 6.27. The summed E-state index contributed by atoms with van der Waals surface area (Å²) in [5.74, 6) is 0.174. The molecule has 2 rings (SSSR count). The maximum Gasteiger partial charge on any atom is 0.235 e. The number of carbonyl (C=O) groups is 1. The van der Waals surface area contributed by atoms with Crippen LogP contribution < -0.4 is 11.1 Å². The SMILES string of the molecule is N#Cc1ccsc1NC(=O)CSc1ccc(N)cc1. The lowest BCUT2D eigenvalue weighted by Gasteiger charge is -2.03. The fourth-order valence-corrected chi connectivity index (χ4v) is 2.82. The highest BCUT2D eigenvalue weighted by Crippen LogP contribution is 2.23. The number of thioether (sulfide) groups is 1. The molecule has 0 saturated carbocycles. The lowest BCUT2D eigenvalue weighted by atomic mass is 10.3. The Morgan fingerprint density at radius 3 is 2.79 bits per heavy atom. The van der Waals surface area contributed by atoms with Crippen molar-refractivity contribution in [1.29, 1.82) is 5.26 Å². The Labute approximate surface area is 119 Å². The molecule has 2 aromatic rings. The van der Waals surface area contributed by atoms with E-state index in [1.807, 2.05) is 18.2 Å². The number of nitrogen functional groups attached to an aromatic ring is 1. The average Bonchev–Trinajstić information content (AvgIpc) is 2.85. The zero-order valence-electron chi connectivity index (χ0n) is 9.92. The zero-order valence-corrected chi connectivity index (χ0v) is 11.6.